The van der Waals surface area contributed by atoms with Crippen LogP contribution in [-0.4, -0.2) is 21.2 Å². The van der Waals surface area contributed by atoms with Crippen LogP contribution >= 0.6 is 23.1 Å². The van der Waals surface area contributed by atoms with E-state index in [2.05, 4.69) is 24.0 Å². The topological polar surface area (TPSA) is 77.1 Å². The van der Waals surface area contributed by atoms with Crippen LogP contribution in [0.5, 0.6) is 0 Å². The predicted molar refractivity (Wildman–Crippen MR) is 133 cm³/mol. The minimum Gasteiger partial charge on any atom is -0.464 e. The van der Waals surface area contributed by atoms with Gasteiger partial charge in [0.15, 0.2) is 5.16 Å². The van der Waals surface area contributed by atoms with Gasteiger partial charge in [-0.05, 0) is 42.5 Å². The summed E-state index contributed by atoms with van der Waals surface area (Å²) in [6.45, 7) is 4.09. The van der Waals surface area contributed by atoms with Crippen LogP contribution in [0.15, 0.2) is 75.1 Å². The number of thiophene rings is 1. The predicted octanol–water partition coefficient (Wildman–Crippen LogP) is 5.19. The van der Waals surface area contributed by atoms with Crippen LogP contribution in [0.1, 0.15) is 30.0 Å². The number of thioether (sulfide) groups is 1. The number of hydrogen-bond donors (Lipinski definition) is 1. The first-order valence-electron chi connectivity index (χ1n) is 10.8. The van der Waals surface area contributed by atoms with Crippen LogP contribution in [-0.2, 0) is 17.8 Å². The number of aryl methyl sites for hydroxylation is 1. The molecule has 33 heavy (non-hydrogen) atoms. The number of hydrogen-bond acceptors (Lipinski definition) is 6. The smallest absolute Gasteiger partial charge is 0.263 e. The molecule has 1 atom stereocenters. The molecule has 0 bridgehead atoms. The number of aromatic nitrogens is 2. The first-order chi connectivity index (χ1) is 16.2. The highest BCUT2D eigenvalue weighted by atomic mass is 32.2. The van der Waals surface area contributed by atoms with Crippen molar-refractivity contribution >= 4 is 39.2 Å². The Hall–Kier alpha value is -3.10. The molecule has 1 aliphatic rings. The third kappa shape index (κ3) is 4.28. The van der Waals surface area contributed by atoms with Crippen molar-refractivity contribution in [1.29, 1.82) is 0 Å². The lowest BCUT2D eigenvalue weighted by Gasteiger charge is -2.26. The summed E-state index contributed by atoms with van der Waals surface area (Å²) in [5.74, 6) is 0.756. The molecular weight excluding hydrogens is 454 g/mol. The SMILES string of the molecule is C=CCn1c(SCC(=O)NC2CCCc3ccccc32)nc2scc(-c3ccco3)c2c1=O. The molecule has 5 rings (SSSR count). The third-order valence-corrected chi connectivity index (χ3v) is 7.64. The number of fused-ring (bicyclic) bond motifs is 2. The van der Waals surface area contributed by atoms with E-state index in [1.807, 2.05) is 23.6 Å². The van der Waals surface area contributed by atoms with Crippen molar-refractivity contribution in [3.05, 3.63) is 82.2 Å². The Balaban J connectivity index is 1.38. The van der Waals surface area contributed by atoms with Gasteiger partial charge in [0, 0.05) is 17.5 Å². The van der Waals surface area contributed by atoms with Crippen LogP contribution in [0.3, 0.4) is 0 Å². The number of benzene rings is 1. The first kappa shape index (κ1) is 21.7. The molecule has 3 aromatic heterocycles. The minimum atomic E-state index is -0.156. The van der Waals surface area contributed by atoms with E-state index in [1.165, 1.54) is 34.2 Å². The van der Waals surface area contributed by atoms with Crippen LogP contribution in [0.2, 0.25) is 0 Å². The summed E-state index contributed by atoms with van der Waals surface area (Å²) < 4.78 is 7.07. The van der Waals surface area contributed by atoms with Gasteiger partial charge in [-0.1, -0.05) is 42.1 Å². The first-order valence-corrected chi connectivity index (χ1v) is 12.7. The van der Waals surface area contributed by atoms with Gasteiger partial charge in [-0.15, -0.1) is 17.9 Å². The average molecular weight is 478 g/mol. The van der Waals surface area contributed by atoms with Crippen LogP contribution in [0.4, 0.5) is 0 Å². The largest absolute Gasteiger partial charge is 0.464 e. The normalized spacial score (nSPS) is 15.3. The number of nitrogens with zero attached hydrogens (tertiary/aromatic N) is 2. The van der Waals surface area contributed by atoms with Crippen LogP contribution < -0.4 is 10.9 Å². The Bertz CT molecular complexity index is 1370. The van der Waals surface area contributed by atoms with Crippen molar-refractivity contribution in [2.45, 2.75) is 37.0 Å². The minimum absolute atomic E-state index is 0.0296. The quantitative estimate of drug-likeness (QED) is 0.225. The molecule has 1 N–H and O–H groups in total. The van der Waals surface area contributed by atoms with Crippen molar-refractivity contribution in [3.63, 3.8) is 0 Å². The molecule has 0 radical (unpaired) electrons. The number of allylic oxidation sites excluding steroid dienone is 1. The molecule has 1 unspecified atom stereocenters. The zero-order valence-corrected chi connectivity index (χ0v) is 19.6. The Labute approximate surface area is 199 Å². The fourth-order valence-electron chi connectivity index (χ4n) is 4.29. The lowest BCUT2D eigenvalue weighted by Crippen LogP contribution is -2.32. The number of carbonyl (C=O) groups is 1. The maximum atomic E-state index is 13.3. The molecule has 1 aromatic carbocycles. The van der Waals surface area contributed by atoms with Crippen LogP contribution in [0.25, 0.3) is 21.5 Å². The van der Waals surface area contributed by atoms with Gasteiger partial charge >= 0.3 is 0 Å². The second-order valence-electron chi connectivity index (χ2n) is 7.91. The molecule has 168 valence electrons. The van der Waals surface area contributed by atoms with Crippen molar-refractivity contribution in [2.75, 3.05) is 5.75 Å². The molecule has 0 saturated carbocycles. The average Bonchev–Trinajstić information content (AvgIpc) is 3.50. The van der Waals surface area contributed by atoms with Gasteiger partial charge < -0.3 is 9.73 Å². The van der Waals surface area contributed by atoms with Gasteiger partial charge in [-0.3, -0.25) is 14.2 Å². The molecule has 1 amide bonds. The summed E-state index contributed by atoms with van der Waals surface area (Å²) >= 11 is 2.67. The number of rotatable bonds is 7. The summed E-state index contributed by atoms with van der Waals surface area (Å²) in [6.07, 6.45) is 6.29. The highest BCUT2D eigenvalue weighted by Gasteiger charge is 2.22. The Morgan fingerprint density at radius 1 is 1.33 bits per heavy atom. The van der Waals surface area contributed by atoms with Crippen molar-refractivity contribution in [3.8, 4) is 11.3 Å². The molecule has 8 heteroatoms. The van der Waals surface area contributed by atoms with Gasteiger partial charge in [0.25, 0.3) is 5.56 Å². The van der Waals surface area contributed by atoms with E-state index in [-0.39, 0.29) is 23.3 Å². The summed E-state index contributed by atoms with van der Waals surface area (Å²) in [5.41, 5.74) is 3.09. The fourth-order valence-corrected chi connectivity index (χ4v) is 6.08. The van der Waals surface area contributed by atoms with E-state index in [0.29, 0.717) is 27.7 Å². The van der Waals surface area contributed by atoms with E-state index >= 15 is 0 Å². The number of nitrogens with one attached hydrogen (secondary N) is 1. The zero-order valence-electron chi connectivity index (χ0n) is 18.0. The second kappa shape index (κ2) is 9.41. The molecule has 4 aromatic rings. The van der Waals surface area contributed by atoms with E-state index in [4.69, 9.17) is 9.40 Å². The highest BCUT2D eigenvalue weighted by Crippen LogP contribution is 2.33. The molecule has 0 fully saturated rings. The zero-order chi connectivity index (χ0) is 22.8. The third-order valence-electron chi connectivity index (χ3n) is 5.79. The maximum Gasteiger partial charge on any atom is 0.263 e. The molecule has 1 aliphatic carbocycles. The van der Waals surface area contributed by atoms with Gasteiger partial charge in [-0.2, -0.15) is 0 Å². The number of furan rings is 1. The Morgan fingerprint density at radius 3 is 3.03 bits per heavy atom. The maximum absolute atomic E-state index is 13.3. The number of carbonyl (C=O) groups excluding carboxylic acids is 1. The fraction of sp³-hybridized carbons (Fsp3) is 0.240. The lowest BCUT2D eigenvalue weighted by atomic mass is 9.88. The van der Waals surface area contributed by atoms with Gasteiger partial charge in [0.05, 0.1) is 23.4 Å². The van der Waals surface area contributed by atoms with E-state index in [9.17, 15) is 9.59 Å². The Morgan fingerprint density at radius 2 is 2.21 bits per heavy atom. The Kier molecular flexibility index (Phi) is 6.20. The molecule has 3 heterocycles. The highest BCUT2D eigenvalue weighted by molar-refractivity contribution is 7.99. The summed E-state index contributed by atoms with van der Waals surface area (Å²) in [5, 5.41) is 6.10. The second-order valence-corrected chi connectivity index (χ2v) is 9.71. The van der Waals surface area contributed by atoms with E-state index in [0.717, 1.165) is 24.8 Å². The van der Waals surface area contributed by atoms with Gasteiger partial charge in [-0.25, -0.2) is 4.98 Å². The number of amides is 1. The molecule has 6 nitrogen and oxygen atoms in total. The van der Waals surface area contributed by atoms with Crippen molar-refractivity contribution in [2.24, 2.45) is 0 Å². The summed E-state index contributed by atoms with van der Waals surface area (Å²) in [6, 6.07) is 11.9. The molecule has 0 saturated heterocycles. The van der Waals surface area contributed by atoms with E-state index < -0.39 is 0 Å². The standard InChI is InChI=1S/C25H23N3O3S2/c1-2-12-28-24(30)22-18(20-11-6-13-31-20)14-32-23(22)27-25(28)33-15-21(29)26-19-10-5-8-16-7-3-4-9-17(16)19/h2-4,6-7,9,11,13-14,19H,1,5,8,10,12,15H2,(H,26,29). The van der Waals surface area contributed by atoms with E-state index in [1.54, 1.807) is 23.0 Å². The molecular formula is C25H23N3O3S2. The summed E-state index contributed by atoms with van der Waals surface area (Å²) in [4.78, 5) is 31.5. The molecule has 0 aliphatic heterocycles. The van der Waals surface area contributed by atoms with Crippen LogP contribution in [0, 0.1) is 0 Å². The molecule has 0 spiro atoms. The monoisotopic (exact) mass is 477 g/mol. The van der Waals surface area contributed by atoms with Crippen molar-refractivity contribution < 1.29 is 9.21 Å². The summed E-state index contributed by atoms with van der Waals surface area (Å²) in [7, 11) is 0. The van der Waals surface area contributed by atoms with Gasteiger partial charge in [0.2, 0.25) is 5.91 Å². The lowest BCUT2D eigenvalue weighted by molar-refractivity contribution is -0.119. The van der Waals surface area contributed by atoms with Gasteiger partial charge in [0.1, 0.15) is 10.6 Å². The van der Waals surface area contributed by atoms with Crippen molar-refractivity contribution in [1.82, 2.24) is 14.9 Å².